The Labute approximate surface area is 205 Å². The molecule has 33 heavy (non-hydrogen) atoms. The summed E-state index contributed by atoms with van der Waals surface area (Å²) < 4.78 is 44.0. The Morgan fingerprint density at radius 3 is 2.58 bits per heavy atom. The third-order valence-electron chi connectivity index (χ3n) is 9.58. The van der Waals surface area contributed by atoms with Crippen LogP contribution in [0.4, 0.5) is 8.78 Å². The standard InChI is InChI=1S/C24H30BrClF2O5/c1-20(2)32-17-9-12-13-8-15(25)14-7-11(29)5-6-21(14,3)23(13,28)16(30)10-22(12,4)24(17,33-20)18(31)19(26)27/h7,12-13,15-17,19,30H,5-6,8-10H2,1-4H3/t12-,13-,15-,16-,17+,19?,21-,22-,23-,24-/m0/s1. The van der Waals surface area contributed by atoms with Crippen molar-refractivity contribution in [2.75, 3.05) is 0 Å². The first kappa shape index (κ1) is 24.3. The molecular formula is C24H30BrClF2O5. The lowest BCUT2D eigenvalue weighted by molar-refractivity contribution is -0.251. The highest BCUT2D eigenvalue weighted by Crippen LogP contribution is 2.73. The number of halogens is 4. The molecule has 4 fully saturated rings. The van der Waals surface area contributed by atoms with Crippen LogP contribution < -0.4 is 0 Å². The number of aliphatic hydroxyl groups is 1. The minimum absolute atomic E-state index is 0.0378. The van der Waals surface area contributed by atoms with Crippen LogP contribution in [0.15, 0.2) is 11.6 Å². The van der Waals surface area contributed by atoms with Crippen LogP contribution in [0.1, 0.15) is 59.8 Å². The SMILES string of the molecule is CC1(C)O[C@@H]2C[C@H]3[C@@H]4C[C@H](Br)C5=CC(=O)CC[C@]5(C)[C@@]4(F)[C@@H](O)C[C@]3(C)[C@]2(C(=O)C(F)Cl)O1. The van der Waals surface area contributed by atoms with E-state index in [9.17, 15) is 19.1 Å². The summed E-state index contributed by atoms with van der Waals surface area (Å²) in [6, 6.07) is 0. The second-order valence-corrected chi connectivity index (χ2v) is 13.0. The predicted octanol–water partition coefficient (Wildman–Crippen LogP) is 4.56. The molecule has 0 aromatic heterocycles. The predicted molar refractivity (Wildman–Crippen MR) is 120 cm³/mol. The minimum atomic E-state index is -2.30. The molecule has 1 saturated heterocycles. The van der Waals surface area contributed by atoms with E-state index in [4.69, 9.17) is 21.1 Å². The zero-order chi connectivity index (χ0) is 24.4. The van der Waals surface area contributed by atoms with E-state index in [1.807, 2.05) is 0 Å². The molecule has 3 saturated carbocycles. The largest absolute Gasteiger partial charge is 0.390 e. The number of hydrogen-bond acceptors (Lipinski definition) is 5. The fourth-order valence-electron chi connectivity index (χ4n) is 8.26. The molecule has 5 rings (SSSR count). The maximum Gasteiger partial charge on any atom is 0.234 e. The van der Waals surface area contributed by atoms with Crippen molar-refractivity contribution in [3.63, 3.8) is 0 Å². The first-order chi connectivity index (χ1) is 15.1. The molecule has 0 amide bonds. The minimum Gasteiger partial charge on any atom is -0.390 e. The molecule has 5 aliphatic rings. The highest BCUT2D eigenvalue weighted by molar-refractivity contribution is 9.09. The van der Waals surface area contributed by atoms with Gasteiger partial charge in [-0.1, -0.05) is 41.4 Å². The number of rotatable bonds is 2. The molecule has 0 aromatic rings. The second kappa shape index (κ2) is 7.09. The molecule has 0 spiro atoms. The van der Waals surface area contributed by atoms with E-state index in [1.165, 1.54) is 6.08 Å². The van der Waals surface area contributed by atoms with Gasteiger partial charge in [0.15, 0.2) is 17.2 Å². The van der Waals surface area contributed by atoms with Gasteiger partial charge in [0.05, 0.1) is 12.2 Å². The van der Waals surface area contributed by atoms with Gasteiger partial charge in [0.25, 0.3) is 0 Å². The Bertz CT molecular complexity index is 957. The number of carbonyl (C=O) groups is 2. The number of ether oxygens (including phenoxy) is 2. The average molecular weight is 552 g/mol. The number of Topliss-reactive ketones (excluding diaryl/α,β-unsaturated/α-hetero) is 1. The van der Waals surface area contributed by atoms with Crippen molar-refractivity contribution in [3.05, 3.63) is 11.6 Å². The van der Waals surface area contributed by atoms with Crippen LogP contribution >= 0.6 is 27.5 Å². The van der Waals surface area contributed by atoms with Gasteiger partial charge in [-0.15, -0.1) is 0 Å². The molecule has 1 heterocycles. The Balaban J connectivity index is 1.66. The van der Waals surface area contributed by atoms with Gasteiger partial charge in [0.1, 0.15) is 5.67 Å². The lowest BCUT2D eigenvalue weighted by Gasteiger charge is -2.64. The quantitative estimate of drug-likeness (QED) is 0.510. The van der Waals surface area contributed by atoms with Crippen LogP contribution in [0.5, 0.6) is 0 Å². The number of alkyl halides is 4. The number of allylic oxidation sites excluding steroid dienone is 1. The number of aliphatic hydroxyl groups excluding tert-OH is 1. The number of hydrogen-bond donors (Lipinski definition) is 1. The Kier molecular flexibility index (Phi) is 5.22. The van der Waals surface area contributed by atoms with Crippen molar-refractivity contribution in [1.82, 2.24) is 0 Å². The second-order valence-electron chi connectivity index (χ2n) is 11.5. The van der Waals surface area contributed by atoms with Crippen molar-refractivity contribution in [3.8, 4) is 0 Å². The lowest BCUT2D eigenvalue weighted by Crippen LogP contribution is -2.71. The van der Waals surface area contributed by atoms with Crippen molar-refractivity contribution in [1.29, 1.82) is 0 Å². The highest BCUT2D eigenvalue weighted by atomic mass is 79.9. The zero-order valence-electron chi connectivity index (χ0n) is 19.2. The van der Waals surface area contributed by atoms with Gasteiger partial charge in [-0.3, -0.25) is 9.59 Å². The van der Waals surface area contributed by atoms with Gasteiger partial charge in [0, 0.05) is 28.0 Å². The maximum atomic E-state index is 17.4. The van der Waals surface area contributed by atoms with Gasteiger partial charge >= 0.3 is 0 Å². The first-order valence-corrected chi connectivity index (χ1v) is 13.0. The van der Waals surface area contributed by atoms with E-state index in [2.05, 4.69) is 15.9 Å². The molecule has 5 nitrogen and oxygen atoms in total. The summed E-state index contributed by atoms with van der Waals surface area (Å²) in [7, 11) is 0. The summed E-state index contributed by atoms with van der Waals surface area (Å²) in [4.78, 5) is 25.2. The third kappa shape index (κ3) is 2.79. The fraction of sp³-hybridized carbons (Fsp3) is 0.833. The number of ketones is 2. The van der Waals surface area contributed by atoms with E-state index in [0.717, 1.165) is 0 Å². The highest BCUT2D eigenvalue weighted by Gasteiger charge is 2.81. The third-order valence-corrected chi connectivity index (χ3v) is 10.6. The summed E-state index contributed by atoms with van der Waals surface area (Å²) in [5, 5.41) is 11.5. The summed E-state index contributed by atoms with van der Waals surface area (Å²) in [5.41, 5.74) is -7.47. The molecule has 1 aliphatic heterocycles. The van der Waals surface area contributed by atoms with Gasteiger partial charge < -0.3 is 14.6 Å². The first-order valence-electron chi connectivity index (χ1n) is 11.6. The van der Waals surface area contributed by atoms with Gasteiger partial charge in [-0.25, -0.2) is 8.78 Å². The number of carbonyl (C=O) groups excluding carboxylic acids is 2. The normalized spacial score (nSPS) is 53.4. The summed E-state index contributed by atoms with van der Waals surface area (Å²) >= 11 is 9.35. The van der Waals surface area contributed by atoms with Gasteiger partial charge in [-0.2, -0.15) is 0 Å². The summed E-state index contributed by atoms with van der Waals surface area (Å²) in [6.45, 7) is 6.89. The van der Waals surface area contributed by atoms with Crippen LogP contribution in [0.25, 0.3) is 0 Å². The van der Waals surface area contributed by atoms with E-state index in [1.54, 1.807) is 27.7 Å². The fourth-order valence-corrected chi connectivity index (χ4v) is 9.46. The van der Waals surface area contributed by atoms with Crippen molar-refractivity contribution in [2.24, 2.45) is 22.7 Å². The topological polar surface area (TPSA) is 72.8 Å². The Morgan fingerprint density at radius 2 is 1.94 bits per heavy atom. The van der Waals surface area contributed by atoms with Gasteiger partial charge in [0.2, 0.25) is 11.4 Å². The van der Waals surface area contributed by atoms with Crippen molar-refractivity contribution < 1.29 is 33.0 Å². The van der Waals surface area contributed by atoms with Crippen LogP contribution in [-0.2, 0) is 19.1 Å². The van der Waals surface area contributed by atoms with Crippen molar-refractivity contribution in [2.45, 2.75) is 99.5 Å². The average Bonchev–Trinajstić information content (AvgIpc) is 3.11. The Hall–Kier alpha value is -0.410. The summed E-state index contributed by atoms with van der Waals surface area (Å²) in [6.07, 6.45) is 0.353. The molecule has 0 aromatic carbocycles. The van der Waals surface area contributed by atoms with Crippen LogP contribution in [-0.4, -0.2) is 56.4 Å². The molecule has 9 heteroatoms. The van der Waals surface area contributed by atoms with E-state index < -0.39 is 63.3 Å². The van der Waals surface area contributed by atoms with Gasteiger partial charge in [-0.05, 0) is 57.1 Å². The molecule has 0 bridgehead atoms. The lowest BCUT2D eigenvalue weighted by atomic mass is 9.43. The zero-order valence-corrected chi connectivity index (χ0v) is 21.5. The molecule has 0 radical (unpaired) electrons. The smallest absolute Gasteiger partial charge is 0.234 e. The molecule has 1 N–H and O–H groups in total. The maximum absolute atomic E-state index is 17.4. The molecule has 1 unspecified atom stereocenters. The van der Waals surface area contributed by atoms with E-state index >= 15 is 4.39 Å². The molecule has 4 aliphatic carbocycles. The monoisotopic (exact) mass is 550 g/mol. The van der Waals surface area contributed by atoms with Crippen LogP contribution in [0.3, 0.4) is 0 Å². The molecule has 184 valence electrons. The Morgan fingerprint density at radius 1 is 1.27 bits per heavy atom. The van der Waals surface area contributed by atoms with Crippen LogP contribution in [0.2, 0.25) is 0 Å². The van der Waals surface area contributed by atoms with E-state index in [0.29, 0.717) is 24.8 Å². The number of fused-ring (bicyclic) bond motifs is 7. The molecular weight excluding hydrogens is 522 g/mol. The van der Waals surface area contributed by atoms with E-state index in [-0.39, 0.29) is 23.5 Å². The summed E-state index contributed by atoms with van der Waals surface area (Å²) in [5.74, 6) is -3.17. The van der Waals surface area contributed by atoms with Crippen molar-refractivity contribution >= 4 is 39.1 Å². The van der Waals surface area contributed by atoms with Crippen LogP contribution in [0, 0.1) is 22.7 Å². The molecule has 10 atom stereocenters.